The number of carbonyl (C=O) groups excluding carboxylic acids is 1. The molecule has 1 unspecified atom stereocenters. The number of nitrogens with one attached hydrogen (secondary N) is 1. The first-order valence-corrected chi connectivity index (χ1v) is 4.55. The molecule has 0 aliphatic carbocycles. The molecule has 0 radical (unpaired) electrons. The van der Waals surface area contributed by atoms with Crippen molar-refractivity contribution in [2.45, 2.75) is 37.6 Å². The molecule has 0 aromatic rings. The van der Waals surface area contributed by atoms with Crippen LogP contribution in [0.3, 0.4) is 0 Å². The highest BCUT2D eigenvalue weighted by molar-refractivity contribution is 5.73. The van der Waals surface area contributed by atoms with E-state index < -0.39 is 43.2 Å². The highest BCUT2D eigenvalue weighted by Crippen LogP contribution is 2.19. The number of amides is 1. The van der Waals surface area contributed by atoms with Gasteiger partial charge in [0.1, 0.15) is 24.4 Å². The van der Waals surface area contributed by atoms with Gasteiger partial charge in [0.2, 0.25) is 5.91 Å². The van der Waals surface area contributed by atoms with Crippen molar-refractivity contribution in [2.75, 3.05) is 6.61 Å². The fourth-order valence-electron chi connectivity index (χ4n) is 1.49. The Hall–Kier alpha value is -0.730. The van der Waals surface area contributed by atoms with Gasteiger partial charge in [-0.1, -0.05) is 0 Å². The van der Waals surface area contributed by atoms with Crippen molar-refractivity contribution in [3.63, 3.8) is 0 Å². The Morgan fingerprint density at radius 1 is 1.33 bits per heavy atom. The second kappa shape index (κ2) is 4.86. The smallest absolute Gasteiger partial charge is 0.217 e. The first-order chi connectivity index (χ1) is 6.97. The van der Waals surface area contributed by atoms with Crippen molar-refractivity contribution >= 4 is 5.91 Å². The van der Waals surface area contributed by atoms with Gasteiger partial charge in [-0.2, -0.15) is 0 Å². The van der Waals surface area contributed by atoms with E-state index in [2.05, 4.69) is 5.32 Å². The Balaban J connectivity index is 2.70. The summed E-state index contributed by atoms with van der Waals surface area (Å²) in [5.41, 5.74) is 0. The average molecular weight is 223 g/mol. The lowest BCUT2D eigenvalue weighted by Crippen LogP contribution is -2.63. The molecule has 1 aliphatic rings. The van der Waals surface area contributed by atoms with Crippen LogP contribution in [0, 0.1) is 0 Å². The standard InChI is InChI=1S/C8H15NO6/c1-3(11)9-5-7(13)6(12)4(2-10)15-8(5)14/h4-8,10,12-14H,2H2,1H3,(H,9,11)/t4-,5-,6-,7-,8?/m1/s1/i1+1,3+1. The number of ether oxygens (including phenoxy) is 1. The van der Waals surface area contributed by atoms with Crippen LogP contribution in [-0.4, -0.2) is 63.6 Å². The molecular formula is C8H15NO6. The van der Waals surface area contributed by atoms with E-state index in [9.17, 15) is 20.1 Å². The number of rotatable bonds is 2. The molecule has 7 nitrogen and oxygen atoms in total. The molecule has 88 valence electrons. The summed E-state index contributed by atoms with van der Waals surface area (Å²) in [7, 11) is 0. The second-order valence-electron chi connectivity index (χ2n) is 3.46. The molecular weight excluding hydrogens is 208 g/mol. The SMILES string of the molecule is [13CH3][13C](=O)N[C@H]1C(O)O[C@H](CO)[C@@H](O)[C@@H]1O. The third kappa shape index (κ3) is 2.64. The average Bonchev–Trinajstić information content (AvgIpc) is 2.18. The molecule has 1 rings (SSSR count). The van der Waals surface area contributed by atoms with Crippen LogP contribution in [0.1, 0.15) is 6.92 Å². The van der Waals surface area contributed by atoms with Crippen molar-refractivity contribution in [1.82, 2.24) is 5.32 Å². The maximum absolute atomic E-state index is 10.7. The summed E-state index contributed by atoms with van der Waals surface area (Å²) < 4.78 is 4.81. The summed E-state index contributed by atoms with van der Waals surface area (Å²) in [6.07, 6.45) is -5.24. The molecule has 7 heteroatoms. The van der Waals surface area contributed by atoms with Crippen LogP contribution in [0.2, 0.25) is 0 Å². The topological polar surface area (TPSA) is 119 Å². The van der Waals surface area contributed by atoms with E-state index in [0.29, 0.717) is 0 Å². The van der Waals surface area contributed by atoms with Gasteiger partial charge >= 0.3 is 0 Å². The maximum Gasteiger partial charge on any atom is 0.217 e. The first-order valence-electron chi connectivity index (χ1n) is 4.55. The lowest BCUT2D eigenvalue weighted by molar-refractivity contribution is -0.253. The van der Waals surface area contributed by atoms with Crippen molar-refractivity contribution in [3.05, 3.63) is 0 Å². The zero-order valence-corrected chi connectivity index (χ0v) is 8.20. The second-order valence-corrected chi connectivity index (χ2v) is 3.46. The largest absolute Gasteiger partial charge is 0.394 e. The summed E-state index contributed by atoms with van der Waals surface area (Å²) in [5.74, 6) is -0.462. The minimum atomic E-state index is -1.45. The predicted molar refractivity (Wildman–Crippen MR) is 47.6 cm³/mol. The molecule has 0 aromatic carbocycles. The molecule has 0 spiro atoms. The van der Waals surface area contributed by atoms with Gasteiger partial charge in [-0.25, -0.2) is 0 Å². The number of aliphatic hydroxyl groups is 4. The maximum atomic E-state index is 10.7. The Morgan fingerprint density at radius 2 is 1.93 bits per heavy atom. The predicted octanol–water partition coefficient (Wildman–Crippen LogP) is -3.08. The van der Waals surface area contributed by atoms with Crippen LogP contribution in [0.15, 0.2) is 0 Å². The molecule has 1 saturated heterocycles. The number of hydrogen-bond acceptors (Lipinski definition) is 6. The van der Waals surface area contributed by atoms with Crippen LogP contribution >= 0.6 is 0 Å². The molecule has 0 aromatic heterocycles. The summed E-state index contributed by atoms with van der Waals surface area (Å²) in [6, 6.07) is -1.10. The molecule has 1 fully saturated rings. The fourth-order valence-corrected chi connectivity index (χ4v) is 1.49. The van der Waals surface area contributed by atoms with Crippen molar-refractivity contribution in [2.24, 2.45) is 0 Å². The van der Waals surface area contributed by atoms with E-state index in [1.54, 1.807) is 0 Å². The van der Waals surface area contributed by atoms with E-state index >= 15 is 0 Å². The molecule has 1 heterocycles. The molecule has 1 amide bonds. The third-order valence-electron chi connectivity index (χ3n) is 2.27. The lowest BCUT2D eigenvalue weighted by Gasteiger charge is -2.40. The van der Waals surface area contributed by atoms with Gasteiger partial charge < -0.3 is 30.5 Å². The van der Waals surface area contributed by atoms with E-state index in [0.717, 1.165) is 0 Å². The van der Waals surface area contributed by atoms with E-state index in [4.69, 9.17) is 9.84 Å². The van der Waals surface area contributed by atoms with Crippen LogP contribution in [0.5, 0.6) is 0 Å². The molecule has 5 atom stereocenters. The number of hydrogen-bond donors (Lipinski definition) is 5. The minimum absolute atomic E-state index is 0.462. The van der Waals surface area contributed by atoms with Gasteiger partial charge in [0.25, 0.3) is 0 Å². The summed E-state index contributed by atoms with van der Waals surface area (Å²) in [5, 5.41) is 39.4. The normalized spacial score (nSPS) is 41.3. The zero-order valence-electron chi connectivity index (χ0n) is 8.20. The quantitative estimate of drug-likeness (QED) is 0.317. The van der Waals surface area contributed by atoms with Crippen LogP contribution in [-0.2, 0) is 9.53 Å². The molecule has 0 saturated carbocycles. The molecule has 15 heavy (non-hydrogen) atoms. The van der Waals surface area contributed by atoms with Crippen molar-refractivity contribution in [1.29, 1.82) is 0 Å². The first kappa shape index (κ1) is 12.3. The zero-order chi connectivity index (χ0) is 11.6. The van der Waals surface area contributed by atoms with E-state index in [1.165, 1.54) is 6.92 Å². The van der Waals surface area contributed by atoms with Crippen LogP contribution in [0.25, 0.3) is 0 Å². The summed E-state index contributed by atoms with van der Waals surface area (Å²) in [6.45, 7) is 0.687. The van der Waals surface area contributed by atoms with Gasteiger partial charge in [0.15, 0.2) is 6.29 Å². The van der Waals surface area contributed by atoms with Crippen LogP contribution < -0.4 is 5.32 Å². The highest BCUT2D eigenvalue weighted by Gasteiger charge is 2.43. The number of carbonyl (C=O) groups is 1. The third-order valence-corrected chi connectivity index (χ3v) is 2.27. The van der Waals surface area contributed by atoms with Gasteiger partial charge in [0.05, 0.1) is 6.61 Å². The molecule has 0 bridgehead atoms. The van der Waals surface area contributed by atoms with Gasteiger partial charge in [-0.05, 0) is 0 Å². The van der Waals surface area contributed by atoms with Gasteiger partial charge in [-0.3, -0.25) is 4.79 Å². The van der Waals surface area contributed by atoms with E-state index in [-0.39, 0.29) is 0 Å². The molecule has 5 N–H and O–H groups in total. The van der Waals surface area contributed by atoms with Gasteiger partial charge in [-0.15, -0.1) is 0 Å². The Morgan fingerprint density at radius 3 is 2.40 bits per heavy atom. The number of aliphatic hydroxyl groups excluding tert-OH is 4. The summed E-state index contributed by atoms with van der Waals surface area (Å²) >= 11 is 0. The van der Waals surface area contributed by atoms with Crippen LogP contribution in [0.4, 0.5) is 0 Å². The highest BCUT2D eigenvalue weighted by atomic mass is 16.6. The summed E-state index contributed by atoms with van der Waals surface area (Å²) in [4.78, 5) is 10.7. The van der Waals surface area contributed by atoms with Gasteiger partial charge in [0, 0.05) is 6.92 Å². The molecule has 1 aliphatic heterocycles. The lowest BCUT2D eigenvalue weighted by atomic mass is 9.97. The fraction of sp³-hybridized carbons (Fsp3) is 0.875. The monoisotopic (exact) mass is 223 g/mol. The van der Waals surface area contributed by atoms with E-state index in [1.807, 2.05) is 0 Å². The van der Waals surface area contributed by atoms with Crippen molar-refractivity contribution in [3.8, 4) is 0 Å². The minimum Gasteiger partial charge on any atom is -0.394 e. The Labute approximate surface area is 86.3 Å². The Kier molecular flexibility index (Phi) is 4.00. The Bertz CT molecular complexity index is 235. The van der Waals surface area contributed by atoms with Crippen molar-refractivity contribution < 1.29 is 30.0 Å².